The highest BCUT2D eigenvalue weighted by atomic mass is 15.2. The summed E-state index contributed by atoms with van der Waals surface area (Å²) in [4.78, 5) is 7.09. The zero-order valence-electron chi connectivity index (χ0n) is 18.1. The normalized spacial score (nSPS) is 14.8. The topological polar surface area (TPSA) is 16.1 Å². The van der Waals surface area contributed by atoms with Crippen molar-refractivity contribution >= 4 is 28.0 Å². The zero-order valence-corrected chi connectivity index (χ0v) is 18.1. The van der Waals surface area contributed by atoms with Crippen LogP contribution in [0, 0.1) is 0 Å². The number of hydrogen-bond acceptors (Lipinski definition) is 2. The number of fused-ring (bicyclic) bond motifs is 5. The van der Waals surface area contributed by atoms with E-state index in [0.717, 1.165) is 5.82 Å². The van der Waals surface area contributed by atoms with Gasteiger partial charge in [0.2, 0.25) is 0 Å². The number of aromatic nitrogens is 1. The van der Waals surface area contributed by atoms with Crippen LogP contribution in [-0.4, -0.2) is 4.98 Å². The van der Waals surface area contributed by atoms with Gasteiger partial charge in [0, 0.05) is 22.6 Å². The predicted molar refractivity (Wildman–Crippen MR) is 133 cm³/mol. The number of nitrogens with zero attached hydrogens (tertiary/aromatic N) is 2. The molecule has 0 fully saturated rings. The van der Waals surface area contributed by atoms with Crippen LogP contribution in [-0.2, 0) is 5.41 Å². The van der Waals surface area contributed by atoms with Crippen molar-refractivity contribution in [1.82, 2.24) is 4.98 Å². The summed E-state index contributed by atoms with van der Waals surface area (Å²) >= 11 is 0. The van der Waals surface area contributed by atoms with Gasteiger partial charge in [-0.25, -0.2) is 4.98 Å². The average molecular weight is 411 g/mol. The van der Waals surface area contributed by atoms with Gasteiger partial charge in [0.15, 0.2) is 0 Å². The molecule has 0 saturated heterocycles. The average Bonchev–Trinajstić information content (AvgIpc) is 3.06. The van der Waals surface area contributed by atoms with E-state index < -0.39 is 0 Å². The number of anilines is 3. The molecule has 1 aromatic heterocycles. The summed E-state index contributed by atoms with van der Waals surface area (Å²) < 4.78 is 0. The van der Waals surface area contributed by atoms with Gasteiger partial charge in [0.1, 0.15) is 5.82 Å². The summed E-state index contributed by atoms with van der Waals surface area (Å²) in [6, 6.07) is 33.0. The smallest absolute Gasteiger partial charge is 0.137 e. The maximum absolute atomic E-state index is 4.76. The highest BCUT2D eigenvalue weighted by molar-refractivity contribution is 6.14. The number of hydrogen-bond donors (Lipinski definition) is 0. The Balaban J connectivity index is 1.63. The summed E-state index contributed by atoms with van der Waals surface area (Å²) in [5.41, 5.74) is 10.4. The summed E-state index contributed by atoms with van der Waals surface area (Å²) in [7, 11) is 0. The summed E-state index contributed by atoms with van der Waals surface area (Å²) in [5.74, 6) is 0.948. The van der Waals surface area contributed by atoms with Crippen LogP contribution >= 0.6 is 0 Å². The standard InChI is InChI=1S/C30H22N2/c1-30(2)24-13-4-3-11-20(24)22-17-23-21-12-7-9-19-10-8-14-26(29(19)21)32(27(23)18-25(22)30)28-15-5-6-16-31-28/h3-18H,1-2H3. The third-order valence-corrected chi connectivity index (χ3v) is 7.23. The molecule has 0 unspecified atom stereocenters. The largest absolute Gasteiger partial charge is 0.294 e. The van der Waals surface area contributed by atoms with Gasteiger partial charge in [-0.3, -0.25) is 4.90 Å². The van der Waals surface area contributed by atoms with Gasteiger partial charge in [-0.15, -0.1) is 0 Å². The van der Waals surface area contributed by atoms with Crippen molar-refractivity contribution < 1.29 is 0 Å². The first-order chi connectivity index (χ1) is 15.6. The molecule has 2 heteroatoms. The van der Waals surface area contributed by atoms with Crippen LogP contribution in [0.3, 0.4) is 0 Å². The second kappa shape index (κ2) is 6.08. The minimum absolute atomic E-state index is 0.0419. The molecule has 7 rings (SSSR count). The van der Waals surface area contributed by atoms with Gasteiger partial charge >= 0.3 is 0 Å². The maximum Gasteiger partial charge on any atom is 0.137 e. The second-order valence-electron chi connectivity index (χ2n) is 9.29. The van der Waals surface area contributed by atoms with E-state index >= 15 is 0 Å². The molecule has 0 saturated carbocycles. The molecule has 1 aliphatic carbocycles. The Kier molecular flexibility index (Phi) is 3.37. The molecule has 2 nitrogen and oxygen atoms in total. The first kappa shape index (κ1) is 17.7. The van der Waals surface area contributed by atoms with E-state index in [1.165, 1.54) is 55.5 Å². The Morgan fingerprint density at radius 3 is 2.25 bits per heavy atom. The molecule has 0 amide bonds. The molecular formula is C30H22N2. The van der Waals surface area contributed by atoms with Crippen molar-refractivity contribution in [2.45, 2.75) is 19.3 Å². The van der Waals surface area contributed by atoms with E-state index in [1.54, 1.807) is 0 Å². The van der Waals surface area contributed by atoms with Gasteiger partial charge < -0.3 is 0 Å². The second-order valence-corrected chi connectivity index (χ2v) is 9.29. The summed E-state index contributed by atoms with van der Waals surface area (Å²) in [6.07, 6.45) is 1.88. The van der Waals surface area contributed by atoms with Crippen molar-refractivity contribution in [2.24, 2.45) is 0 Å². The minimum atomic E-state index is -0.0419. The van der Waals surface area contributed by atoms with Gasteiger partial charge in [-0.2, -0.15) is 0 Å². The van der Waals surface area contributed by atoms with Crippen LogP contribution in [0.1, 0.15) is 25.0 Å². The van der Waals surface area contributed by atoms with E-state index in [2.05, 4.69) is 104 Å². The monoisotopic (exact) mass is 410 g/mol. The van der Waals surface area contributed by atoms with Crippen molar-refractivity contribution in [3.8, 4) is 22.3 Å². The molecule has 2 heterocycles. The molecule has 152 valence electrons. The Morgan fingerprint density at radius 1 is 0.625 bits per heavy atom. The molecule has 0 atom stereocenters. The van der Waals surface area contributed by atoms with E-state index in [0.29, 0.717) is 0 Å². The van der Waals surface area contributed by atoms with Gasteiger partial charge in [0.25, 0.3) is 0 Å². The van der Waals surface area contributed by atoms with Crippen molar-refractivity contribution in [1.29, 1.82) is 0 Å². The highest BCUT2D eigenvalue weighted by Crippen LogP contribution is 2.56. The summed E-state index contributed by atoms with van der Waals surface area (Å²) in [5, 5.41) is 2.55. The number of rotatable bonds is 1. The third kappa shape index (κ3) is 2.17. The minimum Gasteiger partial charge on any atom is -0.294 e. The SMILES string of the molecule is CC1(C)c2ccccc2-c2cc3c(cc21)N(c1ccccn1)c1cccc2cccc-3c12. The molecular weight excluding hydrogens is 388 g/mol. The number of pyridine rings is 1. The molecule has 5 aromatic rings. The molecule has 0 spiro atoms. The third-order valence-electron chi connectivity index (χ3n) is 7.23. The molecule has 1 aliphatic heterocycles. The van der Waals surface area contributed by atoms with Crippen molar-refractivity contribution in [3.05, 3.63) is 108 Å². The lowest BCUT2D eigenvalue weighted by molar-refractivity contribution is 0.660. The van der Waals surface area contributed by atoms with Gasteiger partial charge in [0.05, 0.1) is 11.4 Å². The Labute approximate surface area is 187 Å². The van der Waals surface area contributed by atoms with Crippen LogP contribution in [0.15, 0.2) is 97.2 Å². The fourth-order valence-electron chi connectivity index (χ4n) is 5.73. The van der Waals surface area contributed by atoms with Crippen LogP contribution in [0.5, 0.6) is 0 Å². The molecule has 0 radical (unpaired) electrons. The fourth-order valence-corrected chi connectivity index (χ4v) is 5.73. The van der Waals surface area contributed by atoms with Crippen LogP contribution in [0.25, 0.3) is 33.0 Å². The van der Waals surface area contributed by atoms with Crippen molar-refractivity contribution in [2.75, 3.05) is 4.90 Å². The lowest BCUT2D eigenvalue weighted by Crippen LogP contribution is -2.19. The van der Waals surface area contributed by atoms with Crippen LogP contribution in [0.4, 0.5) is 17.2 Å². The molecule has 4 aromatic carbocycles. The van der Waals surface area contributed by atoms with Crippen LogP contribution in [0.2, 0.25) is 0 Å². The molecule has 0 N–H and O–H groups in total. The van der Waals surface area contributed by atoms with Crippen LogP contribution < -0.4 is 4.90 Å². The summed E-state index contributed by atoms with van der Waals surface area (Å²) in [6.45, 7) is 4.68. The first-order valence-corrected chi connectivity index (χ1v) is 11.2. The van der Waals surface area contributed by atoms with E-state index in [9.17, 15) is 0 Å². The predicted octanol–water partition coefficient (Wildman–Crippen LogP) is 7.99. The Hall–Kier alpha value is -3.91. The Morgan fingerprint density at radius 2 is 1.41 bits per heavy atom. The lowest BCUT2D eigenvalue weighted by atomic mass is 9.81. The quantitative estimate of drug-likeness (QED) is 0.273. The molecule has 0 bridgehead atoms. The Bertz CT molecular complexity index is 1540. The van der Waals surface area contributed by atoms with E-state index in [-0.39, 0.29) is 5.41 Å². The highest BCUT2D eigenvalue weighted by Gasteiger charge is 2.38. The van der Waals surface area contributed by atoms with Gasteiger partial charge in [-0.05, 0) is 63.5 Å². The zero-order chi connectivity index (χ0) is 21.4. The molecule has 2 aliphatic rings. The number of benzene rings is 4. The maximum atomic E-state index is 4.76. The lowest BCUT2D eigenvalue weighted by Gasteiger charge is -2.34. The van der Waals surface area contributed by atoms with E-state index in [1.807, 2.05) is 12.3 Å². The first-order valence-electron chi connectivity index (χ1n) is 11.2. The van der Waals surface area contributed by atoms with Crippen molar-refractivity contribution in [3.63, 3.8) is 0 Å². The molecule has 32 heavy (non-hydrogen) atoms. The fraction of sp³-hybridized carbons (Fsp3) is 0.100. The van der Waals surface area contributed by atoms with Gasteiger partial charge in [-0.1, -0.05) is 74.5 Å². The van der Waals surface area contributed by atoms with E-state index in [4.69, 9.17) is 4.98 Å².